The van der Waals surface area contributed by atoms with E-state index in [-0.39, 0.29) is 5.91 Å². The van der Waals surface area contributed by atoms with Crippen LogP contribution in [0.5, 0.6) is 0 Å². The number of benzene rings is 1. The summed E-state index contributed by atoms with van der Waals surface area (Å²) in [5.41, 5.74) is 1.22. The van der Waals surface area contributed by atoms with E-state index in [0.29, 0.717) is 6.04 Å². The maximum atomic E-state index is 12.0. The van der Waals surface area contributed by atoms with E-state index in [2.05, 4.69) is 29.6 Å². The first-order chi connectivity index (χ1) is 10.8. The van der Waals surface area contributed by atoms with Crippen LogP contribution in [0.25, 0.3) is 16.5 Å². The Hall–Kier alpha value is -1.87. The van der Waals surface area contributed by atoms with Gasteiger partial charge in [-0.1, -0.05) is 49.6 Å². The van der Waals surface area contributed by atoms with Crippen molar-refractivity contribution < 1.29 is 4.79 Å². The molecule has 2 aromatic rings. The summed E-state index contributed by atoms with van der Waals surface area (Å²) in [5, 5.41) is 3.11. The van der Waals surface area contributed by atoms with Gasteiger partial charge in [-0.25, -0.2) is 0 Å². The van der Waals surface area contributed by atoms with Gasteiger partial charge < -0.3 is 5.32 Å². The molecule has 1 amide bonds. The SMILES string of the molecule is O=C(/C=C/c1ccc(-c2ccccc2)s1)NC1CCCCC1. The highest BCUT2D eigenvalue weighted by atomic mass is 32.1. The summed E-state index contributed by atoms with van der Waals surface area (Å²) in [7, 11) is 0. The molecule has 22 heavy (non-hydrogen) atoms. The number of carbonyl (C=O) groups excluding carboxylic acids is 1. The lowest BCUT2D eigenvalue weighted by Crippen LogP contribution is -2.34. The second-order valence-corrected chi connectivity index (χ2v) is 6.86. The molecule has 0 spiro atoms. The maximum Gasteiger partial charge on any atom is 0.244 e. The average molecular weight is 311 g/mol. The minimum Gasteiger partial charge on any atom is -0.350 e. The quantitative estimate of drug-likeness (QED) is 0.801. The zero-order chi connectivity index (χ0) is 15.2. The van der Waals surface area contributed by atoms with Gasteiger partial charge in [-0.05, 0) is 36.6 Å². The third kappa shape index (κ3) is 4.08. The van der Waals surface area contributed by atoms with Crippen LogP contribution >= 0.6 is 11.3 Å². The van der Waals surface area contributed by atoms with Crippen molar-refractivity contribution in [2.24, 2.45) is 0 Å². The zero-order valence-electron chi connectivity index (χ0n) is 12.6. The van der Waals surface area contributed by atoms with E-state index in [1.165, 1.54) is 29.7 Å². The third-order valence-electron chi connectivity index (χ3n) is 4.04. The second kappa shape index (κ2) is 7.41. The molecule has 0 saturated heterocycles. The normalized spacial score (nSPS) is 16.0. The molecule has 3 rings (SSSR count). The molecule has 0 bridgehead atoms. The Morgan fingerprint density at radius 2 is 1.82 bits per heavy atom. The molecule has 2 nitrogen and oxygen atoms in total. The Bertz CT molecular complexity index is 638. The third-order valence-corrected chi connectivity index (χ3v) is 5.14. The second-order valence-electron chi connectivity index (χ2n) is 5.74. The van der Waals surface area contributed by atoms with E-state index in [0.717, 1.165) is 17.7 Å². The maximum absolute atomic E-state index is 12.0. The molecule has 1 aliphatic rings. The summed E-state index contributed by atoms with van der Waals surface area (Å²) >= 11 is 1.71. The molecule has 1 heterocycles. The van der Waals surface area contributed by atoms with Gasteiger partial charge in [0.25, 0.3) is 0 Å². The van der Waals surface area contributed by atoms with Crippen molar-refractivity contribution in [3.05, 3.63) is 53.4 Å². The first kappa shape index (κ1) is 15.0. The molecule has 1 fully saturated rings. The fourth-order valence-electron chi connectivity index (χ4n) is 2.85. The average Bonchev–Trinajstić information content (AvgIpc) is 3.04. The van der Waals surface area contributed by atoms with Crippen molar-refractivity contribution in [1.29, 1.82) is 0 Å². The van der Waals surface area contributed by atoms with E-state index in [4.69, 9.17) is 0 Å². The molecule has 1 aliphatic carbocycles. The van der Waals surface area contributed by atoms with Crippen LogP contribution in [0, 0.1) is 0 Å². The van der Waals surface area contributed by atoms with Gasteiger partial charge in [0, 0.05) is 21.9 Å². The summed E-state index contributed by atoms with van der Waals surface area (Å²) in [4.78, 5) is 14.3. The molecule has 1 aromatic heterocycles. The zero-order valence-corrected chi connectivity index (χ0v) is 13.4. The fourth-order valence-corrected chi connectivity index (χ4v) is 3.77. The number of nitrogens with one attached hydrogen (secondary N) is 1. The Morgan fingerprint density at radius 3 is 2.59 bits per heavy atom. The Kier molecular flexibility index (Phi) is 5.07. The molecular formula is C19H21NOS. The first-order valence-corrected chi connectivity index (χ1v) is 8.77. The van der Waals surface area contributed by atoms with Gasteiger partial charge in [-0.15, -0.1) is 11.3 Å². The van der Waals surface area contributed by atoms with Gasteiger partial charge in [0.2, 0.25) is 5.91 Å². The molecule has 0 radical (unpaired) electrons. The lowest BCUT2D eigenvalue weighted by atomic mass is 9.95. The standard InChI is InChI=1S/C19H21NOS/c21-19(20-16-9-5-2-6-10-16)14-12-17-11-13-18(22-17)15-7-3-1-4-8-15/h1,3-4,7-8,11-14,16H,2,5-6,9-10H2,(H,20,21)/b14-12+. The van der Waals surface area contributed by atoms with Gasteiger partial charge in [0.05, 0.1) is 0 Å². The fraction of sp³-hybridized carbons (Fsp3) is 0.316. The van der Waals surface area contributed by atoms with Gasteiger partial charge in [0.15, 0.2) is 0 Å². The summed E-state index contributed by atoms with van der Waals surface area (Å²) < 4.78 is 0. The van der Waals surface area contributed by atoms with Crippen molar-refractivity contribution in [3.63, 3.8) is 0 Å². The highest BCUT2D eigenvalue weighted by Gasteiger charge is 2.14. The predicted octanol–water partition coefficient (Wildman–Crippen LogP) is 4.88. The lowest BCUT2D eigenvalue weighted by Gasteiger charge is -2.21. The predicted molar refractivity (Wildman–Crippen MR) is 93.8 cm³/mol. The number of hydrogen-bond acceptors (Lipinski definition) is 2. The molecule has 0 aliphatic heterocycles. The van der Waals surface area contributed by atoms with Crippen LogP contribution in [0.1, 0.15) is 37.0 Å². The molecule has 114 valence electrons. The van der Waals surface area contributed by atoms with E-state index in [1.807, 2.05) is 24.3 Å². The first-order valence-electron chi connectivity index (χ1n) is 7.95. The van der Waals surface area contributed by atoms with Crippen molar-refractivity contribution in [1.82, 2.24) is 5.32 Å². The van der Waals surface area contributed by atoms with Crippen LogP contribution in [0.2, 0.25) is 0 Å². The summed E-state index contributed by atoms with van der Waals surface area (Å²) in [6.07, 6.45) is 9.59. The van der Waals surface area contributed by atoms with Crippen molar-refractivity contribution in [2.75, 3.05) is 0 Å². The van der Waals surface area contributed by atoms with Crippen molar-refractivity contribution in [3.8, 4) is 10.4 Å². The highest BCUT2D eigenvalue weighted by Crippen LogP contribution is 2.28. The summed E-state index contributed by atoms with van der Waals surface area (Å²) in [5.74, 6) is 0.0292. The Labute approximate surface area is 135 Å². The van der Waals surface area contributed by atoms with Gasteiger partial charge >= 0.3 is 0 Å². The smallest absolute Gasteiger partial charge is 0.244 e. The summed E-state index contributed by atoms with van der Waals surface area (Å²) in [6.45, 7) is 0. The van der Waals surface area contributed by atoms with E-state index >= 15 is 0 Å². The largest absolute Gasteiger partial charge is 0.350 e. The minimum absolute atomic E-state index is 0.0292. The van der Waals surface area contributed by atoms with Crippen LogP contribution in [-0.2, 0) is 4.79 Å². The van der Waals surface area contributed by atoms with Crippen LogP contribution in [0.15, 0.2) is 48.5 Å². The van der Waals surface area contributed by atoms with Crippen LogP contribution in [0.4, 0.5) is 0 Å². The lowest BCUT2D eigenvalue weighted by molar-refractivity contribution is -0.117. The number of rotatable bonds is 4. The molecule has 1 aromatic carbocycles. The Balaban J connectivity index is 1.58. The molecule has 3 heteroatoms. The number of thiophene rings is 1. The minimum atomic E-state index is 0.0292. The molecule has 0 unspecified atom stereocenters. The van der Waals surface area contributed by atoms with E-state index in [1.54, 1.807) is 17.4 Å². The summed E-state index contributed by atoms with van der Waals surface area (Å²) in [6, 6.07) is 14.9. The van der Waals surface area contributed by atoms with E-state index in [9.17, 15) is 4.79 Å². The topological polar surface area (TPSA) is 29.1 Å². The van der Waals surface area contributed by atoms with Crippen LogP contribution in [0.3, 0.4) is 0 Å². The van der Waals surface area contributed by atoms with Crippen LogP contribution < -0.4 is 5.32 Å². The van der Waals surface area contributed by atoms with Gasteiger partial charge in [-0.3, -0.25) is 4.79 Å². The highest BCUT2D eigenvalue weighted by molar-refractivity contribution is 7.16. The van der Waals surface area contributed by atoms with Gasteiger partial charge in [-0.2, -0.15) is 0 Å². The molecular weight excluding hydrogens is 290 g/mol. The molecule has 1 N–H and O–H groups in total. The molecule has 0 atom stereocenters. The number of hydrogen-bond donors (Lipinski definition) is 1. The van der Waals surface area contributed by atoms with Gasteiger partial charge in [0.1, 0.15) is 0 Å². The number of amides is 1. The number of carbonyl (C=O) groups is 1. The van der Waals surface area contributed by atoms with Crippen molar-refractivity contribution in [2.45, 2.75) is 38.1 Å². The van der Waals surface area contributed by atoms with Crippen molar-refractivity contribution >= 4 is 23.3 Å². The van der Waals surface area contributed by atoms with E-state index < -0.39 is 0 Å². The molecule has 1 saturated carbocycles. The monoisotopic (exact) mass is 311 g/mol. The Morgan fingerprint density at radius 1 is 1.05 bits per heavy atom. The van der Waals surface area contributed by atoms with Crippen LogP contribution in [-0.4, -0.2) is 11.9 Å².